The average molecular weight is 474 g/mol. The second-order valence-electron chi connectivity index (χ2n) is 7.94. The summed E-state index contributed by atoms with van der Waals surface area (Å²) in [5, 5.41) is 2.84. The van der Waals surface area contributed by atoms with Crippen molar-refractivity contribution in [2.45, 2.75) is 33.6 Å². The smallest absolute Gasteiger partial charge is 0.336 e. The Hall–Kier alpha value is -4.06. The molecular weight excluding hydrogens is 442 g/mol. The van der Waals surface area contributed by atoms with Crippen LogP contribution in [0.5, 0.6) is 17.2 Å². The average Bonchev–Trinajstić information content (AvgIpc) is 2.86. The maximum Gasteiger partial charge on any atom is 0.336 e. The van der Waals surface area contributed by atoms with Gasteiger partial charge in [-0.3, -0.25) is 4.79 Å². The van der Waals surface area contributed by atoms with Gasteiger partial charge in [0.1, 0.15) is 5.75 Å². The fraction of sp³-hybridized carbons (Fsp3) is 0.241. The fourth-order valence-electron chi connectivity index (χ4n) is 3.17. The molecule has 0 atom stereocenters. The van der Waals surface area contributed by atoms with Crippen molar-refractivity contribution in [2.75, 3.05) is 18.5 Å². The van der Waals surface area contributed by atoms with Crippen LogP contribution in [0.4, 0.5) is 5.69 Å². The molecule has 1 amide bonds. The minimum Gasteiger partial charge on any atom is -0.490 e. The molecule has 3 aromatic rings. The summed E-state index contributed by atoms with van der Waals surface area (Å²) in [6.07, 6.45) is 5.03. The Morgan fingerprint density at radius 2 is 1.63 bits per heavy atom. The number of anilines is 1. The van der Waals surface area contributed by atoms with Gasteiger partial charge in [-0.1, -0.05) is 37.1 Å². The molecule has 6 nitrogen and oxygen atoms in total. The minimum atomic E-state index is -0.525. The van der Waals surface area contributed by atoms with Crippen molar-refractivity contribution < 1.29 is 23.8 Å². The highest BCUT2D eigenvalue weighted by molar-refractivity contribution is 6.04. The molecule has 3 rings (SSSR count). The summed E-state index contributed by atoms with van der Waals surface area (Å²) in [6.45, 7) is 7.15. The van der Waals surface area contributed by atoms with Gasteiger partial charge >= 0.3 is 5.97 Å². The zero-order chi connectivity index (χ0) is 25.0. The predicted octanol–water partition coefficient (Wildman–Crippen LogP) is 6.44. The van der Waals surface area contributed by atoms with Gasteiger partial charge < -0.3 is 19.5 Å². The number of esters is 1. The van der Waals surface area contributed by atoms with E-state index in [4.69, 9.17) is 14.2 Å². The van der Waals surface area contributed by atoms with Crippen molar-refractivity contribution in [1.82, 2.24) is 0 Å². The van der Waals surface area contributed by atoms with Gasteiger partial charge in [0.2, 0.25) is 0 Å². The SMILES string of the molecule is CCCCOc1ccc(/C=C/C(=O)Oc2ccc(C(=O)Nc3ccc(C)cc3)cc2)cc1OCC. The number of hydrogen-bond donors (Lipinski definition) is 1. The van der Waals surface area contributed by atoms with E-state index in [1.54, 1.807) is 30.3 Å². The molecule has 0 aliphatic rings. The summed E-state index contributed by atoms with van der Waals surface area (Å²) in [5.41, 5.74) is 3.09. The van der Waals surface area contributed by atoms with Crippen LogP contribution in [0.3, 0.4) is 0 Å². The molecule has 0 spiro atoms. The fourth-order valence-corrected chi connectivity index (χ4v) is 3.17. The van der Waals surface area contributed by atoms with Gasteiger partial charge in [0.15, 0.2) is 11.5 Å². The Bertz CT molecular complexity index is 1150. The molecule has 0 bridgehead atoms. The molecule has 3 aromatic carbocycles. The topological polar surface area (TPSA) is 73.9 Å². The van der Waals surface area contributed by atoms with Crippen LogP contribution >= 0.6 is 0 Å². The largest absolute Gasteiger partial charge is 0.490 e. The number of hydrogen-bond acceptors (Lipinski definition) is 5. The monoisotopic (exact) mass is 473 g/mol. The quantitative estimate of drug-likeness (QED) is 0.150. The van der Waals surface area contributed by atoms with Crippen LogP contribution in [0, 0.1) is 6.92 Å². The molecule has 0 heterocycles. The minimum absolute atomic E-state index is 0.237. The van der Waals surface area contributed by atoms with Crippen molar-refractivity contribution in [1.29, 1.82) is 0 Å². The first kappa shape index (κ1) is 25.6. The molecule has 0 aliphatic carbocycles. The number of ether oxygens (including phenoxy) is 3. The molecule has 182 valence electrons. The number of carbonyl (C=O) groups excluding carboxylic acids is 2. The van der Waals surface area contributed by atoms with E-state index < -0.39 is 5.97 Å². The van der Waals surface area contributed by atoms with Crippen LogP contribution in [0.15, 0.2) is 72.8 Å². The molecule has 0 unspecified atom stereocenters. The number of amides is 1. The van der Waals surface area contributed by atoms with E-state index in [1.165, 1.54) is 6.08 Å². The van der Waals surface area contributed by atoms with Gasteiger partial charge in [-0.05, 0) is 80.4 Å². The lowest BCUT2D eigenvalue weighted by molar-refractivity contribution is -0.128. The van der Waals surface area contributed by atoms with E-state index in [2.05, 4.69) is 12.2 Å². The predicted molar refractivity (Wildman–Crippen MR) is 138 cm³/mol. The Morgan fingerprint density at radius 3 is 2.31 bits per heavy atom. The number of nitrogens with one attached hydrogen (secondary N) is 1. The van der Waals surface area contributed by atoms with Crippen LogP contribution in [0.25, 0.3) is 6.08 Å². The van der Waals surface area contributed by atoms with Gasteiger partial charge in [0.25, 0.3) is 5.91 Å². The van der Waals surface area contributed by atoms with E-state index in [9.17, 15) is 9.59 Å². The highest BCUT2D eigenvalue weighted by Gasteiger charge is 2.09. The van der Waals surface area contributed by atoms with Crippen molar-refractivity contribution in [3.05, 3.63) is 89.5 Å². The summed E-state index contributed by atoms with van der Waals surface area (Å²) >= 11 is 0. The third kappa shape index (κ3) is 8.03. The number of aryl methyl sites for hydroxylation is 1. The zero-order valence-corrected chi connectivity index (χ0v) is 20.4. The molecule has 0 saturated heterocycles. The third-order valence-corrected chi connectivity index (χ3v) is 5.08. The highest BCUT2D eigenvalue weighted by Crippen LogP contribution is 2.29. The van der Waals surface area contributed by atoms with E-state index in [0.29, 0.717) is 41.7 Å². The molecule has 0 saturated carbocycles. The van der Waals surface area contributed by atoms with Crippen LogP contribution in [0.2, 0.25) is 0 Å². The van der Waals surface area contributed by atoms with Crippen LogP contribution in [-0.4, -0.2) is 25.1 Å². The van der Waals surface area contributed by atoms with Gasteiger partial charge in [-0.2, -0.15) is 0 Å². The van der Waals surface area contributed by atoms with Gasteiger partial charge in [-0.25, -0.2) is 4.79 Å². The maximum atomic E-state index is 12.4. The molecule has 1 N–H and O–H groups in total. The molecule has 0 aliphatic heterocycles. The van der Waals surface area contributed by atoms with E-state index in [-0.39, 0.29) is 5.91 Å². The third-order valence-electron chi connectivity index (χ3n) is 5.08. The summed E-state index contributed by atoms with van der Waals surface area (Å²) in [7, 11) is 0. The lowest BCUT2D eigenvalue weighted by Crippen LogP contribution is -2.12. The second kappa shape index (κ2) is 13.0. The summed E-state index contributed by atoms with van der Waals surface area (Å²) in [5.74, 6) is 0.910. The van der Waals surface area contributed by atoms with Crippen LogP contribution < -0.4 is 19.5 Å². The summed E-state index contributed by atoms with van der Waals surface area (Å²) in [6, 6.07) is 19.5. The number of benzene rings is 3. The Morgan fingerprint density at radius 1 is 0.886 bits per heavy atom. The molecule has 0 fully saturated rings. The first-order chi connectivity index (χ1) is 17.0. The van der Waals surface area contributed by atoms with Gasteiger partial charge in [0.05, 0.1) is 13.2 Å². The maximum absolute atomic E-state index is 12.4. The highest BCUT2D eigenvalue weighted by atomic mass is 16.5. The summed E-state index contributed by atoms with van der Waals surface area (Å²) in [4.78, 5) is 24.7. The zero-order valence-electron chi connectivity index (χ0n) is 20.4. The standard InChI is InChI=1S/C29H31NO5/c1-4-6-19-34-26-17-9-22(20-27(26)33-5-2)10-18-28(31)35-25-15-11-23(12-16-25)29(32)30-24-13-7-21(3)8-14-24/h7-18,20H,4-6,19H2,1-3H3,(H,30,32)/b18-10+. The Kier molecular flexibility index (Phi) is 9.49. The van der Waals surface area contributed by atoms with Crippen LogP contribution in [0.1, 0.15) is 48.2 Å². The van der Waals surface area contributed by atoms with E-state index in [1.807, 2.05) is 56.3 Å². The van der Waals surface area contributed by atoms with Gasteiger partial charge in [-0.15, -0.1) is 0 Å². The number of rotatable bonds is 11. The van der Waals surface area contributed by atoms with Crippen molar-refractivity contribution >= 4 is 23.6 Å². The van der Waals surface area contributed by atoms with Crippen molar-refractivity contribution in [3.63, 3.8) is 0 Å². The van der Waals surface area contributed by atoms with E-state index >= 15 is 0 Å². The number of unbranched alkanes of at least 4 members (excludes halogenated alkanes) is 1. The number of carbonyl (C=O) groups is 2. The van der Waals surface area contributed by atoms with Crippen molar-refractivity contribution in [3.8, 4) is 17.2 Å². The second-order valence-corrected chi connectivity index (χ2v) is 7.94. The first-order valence-electron chi connectivity index (χ1n) is 11.8. The lowest BCUT2D eigenvalue weighted by atomic mass is 10.2. The van der Waals surface area contributed by atoms with E-state index in [0.717, 1.165) is 24.0 Å². The molecular formula is C29H31NO5. The molecule has 0 radical (unpaired) electrons. The Balaban J connectivity index is 1.57. The lowest BCUT2D eigenvalue weighted by Gasteiger charge is -2.12. The normalized spacial score (nSPS) is 10.7. The first-order valence-corrected chi connectivity index (χ1v) is 11.8. The van der Waals surface area contributed by atoms with Crippen LogP contribution in [-0.2, 0) is 4.79 Å². The molecule has 35 heavy (non-hydrogen) atoms. The molecule has 6 heteroatoms. The summed E-state index contributed by atoms with van der Waals surface area (Å²) < 4.78 is 16.8. The Labute approximate surface area is 206 Å². The molecule has 0 aromatic heterocycles. The van der Waals surface area contributed by atoms with Crippen molar-refractivity contribution in [2.24, 2.45) is 0 Å². The van der Waals surface area contributed by atoms with Gasteiger partial charge in [0, 0.05) is 17.3 Å².